The maximum atomic E-state index is 12.7. The Kier molecular flexibility index (Phi) is 7.03. The SMILES string of the molecule is C[C@@H]1CC/C=C/[C@@H](OC(=O)ON2C(=O)CCC2=O)CCC1C(=O)ON1C(=O)CCC1=O. The van der Waals surface area contributed by atoms with Crippen LogP contribution in [0.15, 0.2) is 12.2 Å². The van der Waals surface area contributed by atoms with E-state index in [1.165, 1.54) is 0 Å². The summed E-state index contributed by atoms with van der Waals surface area (Å²) in [5.41, 5.74) is 0. The van der Waals surface area contributed by atoms with E-state index in [4.69, 9.17) is 14.4 Å². The van der Waals surface area contributed by atoms with Gasteiger partial charge in [-0.1, -0.05) is 18.1 Å². The molecule has 0 aromatic carbocycles. The summed E-state index contributed by atoms with van der Waals surface area (Å²) in [4.78, 5) is 81.0. The summed E-state index contributed by atoms with van der Waals surface area (Å²) in [5, 5.41) is 0.920. The fourth-order valence-corrected chi connectivity index (χ4v) is 3.67. The van der Waals surface area contributed by atoms with Crippen LogP contribution in [0.1, 0.15) is 58.3 Å². The summed E-state index contributed by atoms with van der Waals surface area (Å²) in [6, 6.07) is 0. The molecule has 0 saturated carbocycles. The number of nitrogens with zero attached hydrogens (tertiary/aromatic N) is 2. The molecule has 3 atom stereocenters. The van der Waals surface area contributed by atoms with Crippen molar-refractivity contribution >= 4 is 35.8 Å². The van der Waals surface area contributed by atoms with Gasteiger partial charge in [0.1, 0.15) is 6.10 Å². The Morgan fingerprint density at radius 2 is 1.39 bits per heavy atom. The van der Waals surface area contributed by atoms with E-state index in [0.717, 1.165) is 0 Å². The molecule has 0 aromatic rings. The number of hydroxylamine groups is 4. The maximum absolute atomic E-state index is 12.7. The van der Waals surface area contributed by atoms with Crippen molar-refractivity contribution in [3.63, 3.8) is 0 Å². The quantitative estimate of drug-likeness (QED) is 0.365. The summed E-state index contributed by atoms with van der Waals surface area (Å²) in [5.74, 6) is -3.74. The maximum Gasteiger partial charge on any atom is 0.534 e. The summed E-state index contributed by atoms with van der Waals surface area (Å²) in [7, 11) is 0. The molecule has 11 heteroatoms. The number of hydrogen-bond donors (Lipinski definition) is 0. The largest absolute Gasteiger partial charge is 0.534 e. The van der Waals surface area contributed by atoms with Crippen molar-refractivity contribution in [2.45, 2.75) is 64.4 Å². The third-order valence-electron chi connectivity index (χ3n) is 5.50. The van der Waals surface area contributed by atoms with Crippen LogP contribution < -0.4 is 0 Å². The summed E-state index contributed by atoms with van der Waals surface area (Å²) in [6.07, 6.45) is 3.22. The Morgan fingerprint density at radius 1 is 0.839 bits per heavy atom. The van der Waals surface area contributed by atoms with E-state index in [2.05, 4.69) is 0 Å². The third-order valence-corrected chi connectivity index (χ3v) is 5.50. The predicted octanol–water partition coefficient (Wildman–Crippen LogP) is 1.56. The second-order valence-corrected chi connectivity index (χ2v) is 7.74. The monoisotopic (exact) mass is 436 g/mol. The average molecular weight is 436 g/mol. The van der Waals surface area contributed by atoms with Crippen LogP contribution in [0.5, 0.6) is 0 Å². The van der Waals surface area contributed by atoms with Gasteiger partial charge in [-0.05, 0) is 37.7 Å². The van der Waals surface area contributed by atoms with Crippen molar-refractivity contribution in [2.75, 3.05) is 0 Å². The standard InChI is InChI=1S/C20H24N2O9/c1-12-4-2-3-5-13(29-20(28)31-22-17(25)10-11-18(22)26)6-7-14(12)19(27)30-21-15(23)8-9-16(21)24/h3,5,12-14H,2,4,6-11H2,1H3/b5-3+/t12-,13-,14?/m1/s1. The fraction of sp³-hybridized carbons (Fsp3) is 0.600. The van der Waals surface area contributed by atoms with Crippen molar-refractivity contribution in [2.24, 2.45) is 11.8 Å². The van der Waals surface area contributed by atoms with Gasteiger partial charge >= 0.3 is 12.1 Å². The van der Waals surface area contributed by atoms with Gasteiger partial charge in [-0.3, -0.25) is 24.0 Å². The van der Waals surface area contributed by atoms with Crippen molar-refractivity contribution in [3.8, 4) is 0 Å². The lowest BCUT2D eigenvalue weighted by Gasteiger charge is -2.24. The zero-order valence-corrected chi connectivity index (χ0v) is 17.1. The van der Waals surface area contributed by atoms with E-state index in [0.29, 0.717) is 23.0 Å². The second kappa shape index (κ2) is 9.71. The van der Waals surface area contributed by atoms with Crippen molar-refractivity contribution in [1.29, 1.82) is 0 Å². The van der Waals surface area contributed by atoms with Crippen LogP contribution in [0.25, 0.3) is 0 Å². The molecule has 31 heavy (non-hydrogen) atoms. The highest BCUT2D eigenvalue weighted by molar-refractivity contribution is 6.02. The number of allylic oxidation sites excluding steroid dienone is 1. The zero-order chi connectivity index (χ0) is 22.5. The lowest BCUT2D eigenvalue weighted by molar-refractivity contribution is -0.202. The number of amides is 4. The zero-order valence-electron chi connectivity index (χ0n) is 17.1. The molecule has 0 radical (unpaired) electrons. The van der Waals surface area contributed by atoms with Gasteiger partial charge in [-0.25, -0.2) is 9.59 Å². The lowest BCUT2D eigenvalue weighted by atomic mass is 9.86. The average Bonchev–Trinajstić information content (AvgIpc) is 3.23. The van der Waals surface area contributed by atoms with E-state index in [9.17, 15) is 28.8 Å². The third kappa shape index (κ3) is 5.47. The summed E-state index contributed by atoms with van der Waals surface area (Å²) >= 11 is 0. The minimum Gasteiger partial charge on any atom is -0.425 e. The van der Waals surface area contributed by atoms with Gasteiger partial charge in [0.15, 0.2) is 0 Å². The first kappa shape index (κ1) is 22.4. The Bertz CT molecular complexity index is 789. The van der Waals surface area contributed by atoms with Crippen LogP contribution in [0, 0.1) is 11.8 Å². The van der Waals surface area contributed by atoms with E-state index in [1.54, 1.807) is 6.08 Å². The van der Waals surface area contributed by atoms with E-state index < -0.39 is 47.8 Å². The number of rotatable bonds is 4. The van der Waals surface area contributed by atoms with Gasteiger partial charge in [0, 0.05) is 25.7 Å². The normalized spacial score (nSPS) is 28.1. The van der Waals surface area contributed by atoms with Gasteiger partial charge < -0.3 is 9.57 Å². The summed E-state index contributed by atoms with van der Waals surface area (Å²) in [6.45, 7) is 1.87. The van der Waals surface area contributed by atoms with Gasteiger partial charge in [0.25, 0.3) is 23.6 Å². The second-order valence-electron chi connectivity index (χ2n) is 7.74. The Labute approximate surface area is 178 Å². The molecular formula is C20H24N2O9. The molecule has 0 bridgehead atoms. The molecule has 1 aliphatic carbocycles. The lowest BCUT2D eigenvalue weighted by Crippen LogP contribution is -2.36. The minimum atomic E-state index is -1.20. The highest BCUT2D eigenvalue weighted by Crippen LogP contribution is 2.28. The molecular weight excluding hydrogens is 412 g/mol. The number of carbonyl (C=O) groups is 6. The van der Waals surface area contributed by atoms with Gasteiger partial charge in [-0.2, -0.15) is 0 Å². The number of imide groups is 2. The first-order valence-electron chi connectivity index (χ1n) is 10.2. The van der Waals surface area contributed by atoms with Crippen LogP contribution in [-0.4, -0.2) is 52.0 Å². The molecule has 4 amide bonds. The molecule has 0 N–H and O–H groups in total. The highest BCUT2D eigenvalue weighted by atomic mass is 16.8. The molecule has 1 unspecified atom stereocenters. The predicted molar refractivity (Wildman–Crippen MR) is 99.9 cm³/mol. The molecule has 2 saturated heterocycles. The van der Waals surface area contributed by atoms with Crippen molar-refractivity contribution in [3.05, 3.63) is 12.2 Å². The topological polar surface area (TPSA) is 137 Å². The first-order valence-corrected chi connectivity index (χ1v) is 10.2. The molecule has 2 fully saturated rings. The van der Waals surface area contributed by atoms with Crippen LogP contribution in [0.3, 0.4) is 0 Å². The highest BCUT2D eigenvalue weighted by Gasteiger charge is 2.37. The Hall–Kier alpha value is -3.24. The molecule has 3 aliphatic rings. The number of hydrogen-bond acceptors (Lipinski definition) is 9. The van der Waals surface area contributed by atoms with E-state index >= 15 is 0 Å². The van der Waals surface area contributed by atoms with E-state index in [-0.39, 0.29) is 44.4 Å². The summed E-state index contributed by atoms with van der Waals surface area (Å²) < 4.78 is 5.21. The smallest absolute Gasteiger partial charge is 0.425 e. The molecule has 11 nitrogen and oxygen atoms in total. The molecule has 168 valence electrons. The Morgan fingerprint density at radius 3 is 1.97 bits per heavy atom. The number of carbonyl (C=O) groups excluding carboxylic acids is 6. The van der Waals surface area contributed by atoms with Crippen molar-refractivity contribution in [1.82, 2.24) is 10.1 Å². The van der Waals surface area contributed by atoms with Crippen LogP contribution in [0.2, 0.25) is 0 Å². The number of ether oxygens (including phenoxy) is 1. The molecule has 3 rings (SSSR count). The van der Waals surface area contributed by atoms with E-state index in [1.807, 2.05) is 13.0 Å². The molecule has 2 aliphatic heterocycles. The molecule has 2 heterocycles. The molecule has 0 aromatic heterocycles. The van der Waals surface area contributed by atoms with Crippen LogP contribution >= 0.6 is 0 Å². The van der Waals surface area contributed by atoms with Gasteiger partial charge in [0.05, 0.1) is 5.92 Å². The first-order chi connectivity index (χ1) is 14.8. The minimum absolute atomic E-state index is 0.0102. The van der Waals surface area contributed by atoms with Crippen LogP contribution in [-0.2, 0) is 38.4 Å². The Balaban J connectivity index is 1.59. The van der Waals surface area contributed by atoms with Crippen LogP contribution in [0.4, 0.5) is 4.79 Å². The van der Waals surface area contributed by atoms with Gasteiger partial charge in [-0.15, -0.1) is 5.06 Å². The fourth-order valence-electron chi connectivity index (χ4n) is 3.67. The molecule has 0 spiro atoms. The van der Waals surface area contributed by atoms with Gasteiger partial charge in [0.2, 0.25) is 0 Å². The van der Waals surface area contributed by atoms with Crippen molar-refractivity contribution < 1.29 is 43.2 Å².